The number of hydrogen-bond acceptors (Lipinski definition) is 5. The van der Waals surface area contributed by atoms with Crippen LogP contribution in [0.4, 0.5) is 5.69 Å². The molecule has 1 amide bonds. The summed E-state index contributed by atoms with van der Waals surface area (Å²) in [7, 11) is 1.86. The van der Waals surface area contributed by atoms with E-state index in [0.717, 1.165) is 44.4 Å². The molecule has 0 aliphatic rings. The van der Waals surface area contributed by atoms with Crippen LogP contribution in [-0.2, 0) is 11.8 Å². The maximum absolute atomic E-state index is 12.0. The molecule has 1 aromatic carbocycles. The molecule has 164 valence electrons. The van der Waals surface area contributed by atoms with Gasteiger partial charge in [0.05, 0.1) is 11.8 Å². The number of pyridine rings is 2. The Morgan fingerprint density at radius 3 is 2.62 bits per heavy atom. The zero-order valence-corrected chi connectivity index (χ0v) is 18.3. The zero-order chi connectivity index (χ0) is 23.7. The van der Waals surface area contributed by atoms with Gasteiger partial charge in [0.1, 0.15) is 11.7 Å². The summed E-state index contributed by atoms with van der Waals surface area (Å²) in [6.45, 7) is 3.54. The highest BCUT2D eigenvalue weighted by atomic mass is 16.1. The lowest BCUT2D eigenvalue weighted by Crippen LogP contribution is -2.07. The number of carbonyl (C=O) groups is 1. The number of nitriles is 1. The molecule has 4 heterocycles. The number of aromatic amines is 1. The molecule has 0 saturated carbocycles. The van der Waals surface area contributed by atoms with Crippen LogP contribution in [0.15, 0.2) is 80.2 Å². The highest BCUT2D eigenvalue weighted by Crippen LogP contribution is 2.34. The summed E-state index contributed by atoms with van der Waals surface area (Å²) in [4.78, 5) is 23.9. The smallest absolute Gasteiger partial charge is 0.247 e. The Hall–Kier alpha value is -5.03. The van der Waals surface area contributed by atoms with Crippen molar-refractivity contribution in [2.75, 3.05) is 5.32 Å². The van der Waals surface area contributed by atoms with Gasteiger partial charge in [-0.25, -0.2) is 4.98 Å². The molecule has 0 unspecified atom stereocenters. The van der Waals surface area contributed by atoms with Crippen molar-refractivity contribution in [2.24, 2.45) is 7.05 Å². The minimum absolute atomic E-state index is 0.291. The van der Waals surface area contributed by atoms with Crippen LogP contribution in [0.5, 0.6) is 0 Å². The molecule has 0 aliphatic heterocycles. The van der Waals surface area contributed by atoms with Crippen LogP contribution < -0.4 is 5.32 Å². The lowest BCUT2D eigenvalue weighted by molar-refractivity contribution is -0.111. The molecule has 0 atom stereocenters. The molecule has 0 fully saturated rings. The Morgan fingerprint density at radius 1 is 1.06 bits per heavy atom. The number of aryl methyl sites for hydroxylation is 1. The van der Waals surface area contributed by atoms with E-state index in [1.54, 1.807) is 29.3 Å². The molecule has 0 bridgehead atoms. The Kier molecular flexibility index (Phi) is 5.20. The number of carbonyl (C=O) groups excluding carboxylic acids is 1. The van der Waals surface area contributed by atoms with E-state index in [9.17, 15) is 10.1 Å². The predicted molar refractivity (Wildman–Crippen MR) is 131 cm³/mol. The quantitative estimate of drug-likeness (QED) is 0.381. The first kappa shape index (κ1) is 20.8. The van der Waals surface area contributed by atoms with Crippen LogP contribution in [0.25, 0.3) is 44.4 Å². The number of nitrogens with zero attached hydrogens (tertiary/aromatic N) is 5. The normalized spacial score (nSPS) is 10.7. The number of hydrogen-bond donors (Lipinski definition) is 2. The standard InChI is InChI=1S/C26H19N7O/c1-3-25(34)32-22-6-17(5-18(7-22)21-13-31-33(2)15-21)19-8-23-24(14-30-26(23)29-12-19)20-4-16(9-27)10-28-11-20/h3-8,10-15H,1H2,2H3,(H,29,30)(H,32,34). The van der Waals surface area contributed by atoms with Gasteiger partial charge in [-0.15, -0.1) is 0 Å². The summed E-state index contributed by atoms with van der Waals surface area (Å²) in [6, 6.07) is 11.8. The van der Waals surface area contributed by atoms with Gasteiger partial charge >= 0.3 is 0 Å². The molecule has 2 N–H and O–H groups in total. The van der Waals surface area contributed by atoms with Crippen molar-refractivity contribution in [2.45, 2.75) is 0 Å². The van der Waals surface area contributed by atoms with E-state index in [1.807, 2.05) is 43.7 Å². The Morgan fingerprint density at radius 2 is 1.88 bits per heavy atom. The van der Waals surface area contributed by atoms with Crippen molar-refractivity contribution < 1.29 is 4.79 Å². The average Bonchev–Trinajstić information content (AvgIpc) is 3.49. The van der Waals surface area contributed by atoms with E-state index in [0.29, 0.717) is 11.3 Å². The molecule has 0 saturated heterocycles. The van der Waals surface area contributed by atoms with Crippen LogP contribution in [-0.4, -0.2) is 30.6 Å². The van der Waals surface area contributed by atoms with Gasteiger partial charge in [0.2, 0.25) is 5.91 Å². The van der Waals surface area contributed by atoms with Gasteiger partial charge in [0.25, 0.3) is 0 Å². The number of aromatic nitrogens is 5. The van der Waals surface area contributed by atoms with Gasteiger partial charge < -0.3 is 10.3 Å². The van der Waals surface area contributed by atoms with Gasteiger partial charge in [-0.05, 0) is 47.5 Å². The highest BCUT2D eigenvalue weighted by Gasteiger charge is 2.13. The molecular formula is C26H19N7O. The maximum atomic E-state index is 12.0. The van der Waals surface area contributed by atoms with E-state index >= 15 is 0 Å². The summed E-state index contributed by atoms with van der Waals surface area (Å²) < 4.78 is 1.73. The highest BCUT2D eigenvalue weighted by molar-refractivity contribution is 6.00. The van der Waals surface area contributed by atoms with Crippen LogP contribution in [0.1, 0.15) is 5.56 Å². The third kappa shape index (κ3) is 3.94. The minimum atomic E-state index is -0.291. The number of rotatable bonds is 5. The van der Waals surface area contributed by atoms with Crippen LogP contribution in [0, 0.1) is 11.3 Å². The van der Waals surface area contributed by atoms with Gasteiger partial charge in [-0.3, -0.25) is 14.5 Å². The van der Waals surface area contributed by atoms with Gasteiger partial charge in [0.15, 0.2) is 0 Å². The fraction of sp³-hybridized carbons (Fsp3) is 0.0385. The summed E-state index contributed by atoms with van der Waals surface area (Å²) in [6.07, 6.45) is 11.8. The van der Waals surface area contributed by atoms with Crippen LogP contribution in [0.3, 0.4) is 0 Å². The Balaban J connectivity index is 1.65. The van der Waals surface area contributed by atoms with Crippen molar-refractivity contribution in [1.82, 2.24) is 24.7 Å². The average molecular weight is 445 g/mol. The number of fused-ring (bicyclic) bond motifs is 1. The molecule has 5 aromatic rings. The maximum Gasteiger partial charge on any atom is 0.247 e. The summed E-state index contributed by atoms with van der Waals surface area (Å²) in [5.74, 6) is -0.291. The predicted octanol–water partition coefficient (Wildman–Crippen LogP) is 4.69. The zero-order valence-electron chi connectivity index (χ0n) is 18.3. The SMILES string of the molecule is C=CC(=O)Nc1cc(-c2cnc3[nH]cc(-c4cncc(C#N)c4)c3c2)cc(-c2cnn(C)c2)c1. The second kappa shape index (κ2) is 8.48. The molecule has 0 radical (unpaired) electrons. The van der Waals surface area contributed by atoms with E-state index < -0.39 is 0 Å². The lowest BCUT2D eigenvalue weighted by atomic mass is 9.98. The monoisotopic (exact) mass is 445 g/mol. The molecule has 8 nitrogen and oxygen atoms in total. The molecule has 34 heavy (non-hydrogen) atoms. The number of amides is 1. The third-order valence-electron chi connectivity index (χ3n) is 5.47. The summed E-state index contributed by atoms with van der Waals surface area (Å²) in [5, 5.41) is 17.3. The van der Waals surface area contributed by atoms with E-state index in [-0.39, 0.29) is 5.91 Å². The number of benzene rings is 1. The van der Waals surface area contributed by atoms with Gasteiger partial charge in [-0.2, -0.15) is 10.4 Å². The van der Waals surface area contributed by atoms with E-state index in [2.05, 4.69) is 38.0 Å². The number of anilines is 1. The van der Waals surface area contributed by atoms with Crippen molar-refractivity contribution in [3.05, 3.63) is 85.7 Å². The summed E-state index contributed by atoms with van der Waals surface area (Å²) in [5.41, 5.74) is 7.17. The molecule has 0 spiro atoms. The molecular weight excluding hydrogens is 426 g/mol. The van der Waals surface area contributed by atoms with E-state index in [1.165, 1.54) is 12.3 Å². The van der Waals surface area contributed by atoms with Crippen molar-refractivity contribution in [3.8, 4) is 39.4 Å². The fourth-order valence-electron chi connectivity index (χ4n) is 3.85. The van der Waals surface area contributed by atoms with Gasteiger partial charge in [-0.1, -0.05) is 6.58 Å². The number of H-pyrrole nitrogens is 1. The van der Waals surface area contributed by atoms with Crippen molar-refractivity contribution in [3.63, 3.8) is 0 Å². The van der Waals surface area contributed by atoms with E-state index in [4.69, 9.17) is 0 Å². The molecule has 4 aromatic heterocycles. The van der Waals surface area contributed by atoms with Crippen molar-refractivity contribution >= 4 is 22.6 Å². The second-order valence-electron chi connectivity index (χ2n) is 7.79. The molecule has 8 heteroatoms. The second-order valence-corrected chi connectivity index (χ2v) is 7.79. The third-order valence-corrected chi connectivity index (χ3v) is 5.47. The van der Waals surface area contributed by atoms with Crippen LogP contribution in [0.2, 0.25) is 0 Å². The first-order chi connectivity index (χ1) is 16.5. The Bertz CT molecular complexity index is 1600. The lowest BCUT2D eigenvalue weighted by Gasteiger charge is -2.10. The minimum Gasteiger partial charge on any atom is -0.346 e. The first-order valence-electron chi connectivity index (χ1n) is 10.4. The topological polar surface area (TPSA) is 112 Å². The summed E-state index contributed by atoms with van der Waals surface area (Å²) >= 11 is 0. The fourth-order valence-corrected chi connectivity index (χ4v) is 3.85. The van der Waals surface area contributed by atoms with Gasteiger partial charge in [0, 0.05) is 71.4 Å². The van der Waals surface area contributed by atoms with Crippen LogP contribution >= 0.6 is 0 Å². The molecule has 5 rings (SSSR count). The van der Waals surface area contributed by atoms with Crippen molar-refractivity contribution in [1.29, 1.82) is 5.26 Å². The first-order valence-corrected chi connectivity index (χ1v) is 10.4. The molecule has 0 aliphatic carbocycles. The number of nitrogens with one attached hydrogen (secondary N) is 2. The Labute approximate surface area is 195 Å². The largest absolute Gasteiger partial charge is 0.346 e.